The fraction of sp³-hybridized carbons (Fsp3) is 1.00. The molecule has 0 aromatic carbocycles. The van der Waals surface area contributed by atoms with Crippen LogP contribution in [0.25, 0.3) is 0 Å². The van der Waals surface area contributed by atoms with E-state index in [9.17, 15) is 0 Å². The smallest absolute Gasteiger partial charge is 0.00957 e. The minimum atomic E-state index is 0.758. The van der Waals surface area contributed by atoms with Crippen LogP contribution in [-0.4, -0.2) is 25.7 Å². The Balaban J connectivity index is 1.79. The first-order chi connectivity index (χ1) is 11.3. The molecule has 3 atom stereocenters. The molecule has 0 saturated heterocycles. The summed E-state index contributed by atoms with van der Waals surface area (Å²) in [7, 11) is 0. The lowest BCUT2D eigenvalue weighted by Gasteiger charge is -2.34. The second-order valence-corrected chi connectivity index (χ2v) is 7.91. The monoisotopic (exact) mass is 324 g/mol. The highest BCUT2D eigenvalue weighted by atomic mass is 15.0. The van der Waals surface area contributed by atoms with Gasteiger partial charge in [0.2, 0.25) is 0 Å². The molecule has 2 heteroatoms. The summed E-state index contributed by atoms with van der Waals surface area (Å²) in [5, 5.41) is 7.38. The van der Waals surface area contributed by atoms with Gasteiger partial charge >= 0.3 is 0 Å². The summed E-state index contributed by atoms with van der Waals surface area (Å²) < 4.78 is 0. The van der Waals surface area contributed by atoms with E-state index in [1.165, 1.54) is 83.6 Å². The van der Waals surface area contributed by atoms with E-state index in [-0.39, 0.29) is 0 Å². The van der Waals surface area contributed by atoms with E-state index in [2.05, 4.69) is 31.4 Å². The Morgan fingerprint density at radius 1 is 0.739 bits per heavy atom. The van der Waals surface area contributed by atoms with Crippen LogP contribution in [0.15, 0.2) is 0 Å². The lowest BCUT2D eigenvalue weighted by Crippen LogP contribution is -2.43. The average Bonchev–Trinajstić information content (AvgIpc) is 2.55. The quantitative estimate of drug-likeness (QED) is 0.411. The molecule has 1 aliphatic carbocycles. The lowest BCUT2D eigenvalue weighted by molar-refractivity contribution is 0.207. The normalized spacial score (nSPS) is 24.9. The SMILES string of the molecule is CCCCCCCCCCCNCCNC1CCCC(C)C1C. The van der Waals surface area contributed by atoms with Crippen LogP contribution in [0.4, 0.5) is 0 Å². The number of hydrogen-bond acceptors (Lipinski definition) is 2. The summed E-state index contributed by atoms with van der Waals surface area (Å²) in [5.41, 5.74) is 0. The van der Waals surface area contributed by atoms with Crippen molar-refractivity contribution in [2.75, 3.05) is 19.6 Å². The molecule has 2 N–H and O–H groups in total. The minimum Gasteiger partial charge on any atom is -0.315 e. The molecule has 0 aromatic heterocycles. The van der Waals surface area contributed by atoms with Crippen molar-refractivity contribution in [3.05, 3.63) is 0 Å². The minimum absolute atomic E-state index is 0.758. The van der Waals surface area contributed by atoms with E-state index in [0.29, 0.717) is 0 Å². The second kappa shape index (κ2) is 14.3. The van der Waals surface area contributed by atoms with Gasteiger partial charge in [-0.3, -0.25) is 0 Å². The molecule has 0 radical (unpaired) electrons. The molecule has 1 rings (SSSR count). The fourth-order valence-electron chi connectivity index (χ4n) is 3.90. The Morgan fingerprint density at radius 3 is 2.09 bits per heavy atom. The molecule has 1 fully saturated rings. The molecule has 1 aliphatic rings. The van der Waals surface area contributed by atoms with Crippen LogP contribution in [0.1, 0.15) is 97.8 Å². The molecular weight excluding hydrogens is 280 g/mol. The van der Waals surface area contributed by atoms with E-state index in [4.69, 9.17) is 0 Å². The van der Waals surface area contributed by atoms with E-state index in [0.717, 1.165) is 31.0 Å². The Labute approximate surface area is 146 Å². The van der Waals surface area contributed by atoms with Crippen LogP contribution in [0.5, 0.6) is 0 Å². The zero-order valence-corrected chi connectivity index (χ0v) is 16.3. The Morgan fingerprint density at radius 2 is 1.39 bits per heavy atom. The first-order valence-corrected chi connectivity index (χ1v) is 10.7. The zero-order chi connectivity index (χ0) is 16.8. The fourth-order valence-corrected chi connectivity index (χ4v) is 3.90. The standard InChI is InChI=1S/C21H44N2/c1-4-5-6-7-8-9-10-11-12-16-22-17-18-23-21-15-13-14-19(2)20(21)3/h19-23H,4-18H2,1-3H3. The van der Waals surface area contributed by atoms with Crippen molar-refractivity contribution in [1.29, 1.82) is 0 Å². The van der Waals surface area contributed by atoms with E-state index < -0.39 is 0 Å². The molecule has 0 bridgehead atoms. The van der Waals surface area contributed by atoms with Crippen molar-refractivity contribution in [3.63, 3.8) is 0 Å². The topological polar surface area (TPSA) is 24.1 Å². The first kappa shape index (κ1) is 21.0. The average molecular weight is 325 g/mol. The van der Waals surface area contributed by atoms with E-state index >= 15 is 0 Å². The highest BCUT2D eigenvalue weighted by Gasteiger charge is 2.26. The van der Waals surface area contributed by atoms with Gasteiger partial charge in [-0.2, -0.15) is 0 Å². The maximum absolute atomic E-state index is 3.77. The van der Waals surface area contributed by atoms with Crippen molar-refractivity contribution in [1.82, 2.24) is 10.6 Å². The molecule has 23 heavy (non-hydrogen) atoms. The molecular formula is C21H44N2. The molecule has 3 unspecified atom stereocenters. The summed E-state index contributed by atoms with van der Waals surface area (Å²) in [5.74, 6) is 1.75. The van der Waals surface area contributed by atoms with Gasteiger partial charge in [0, 0.05) is 19.1 Å². The van der Waals surface area contributed by atoms with Gasteiger partial charge in [-0.1, -0.05) is 85.0 Å². The summed E-state index contributed by atoms with van der Waals surface area (Å²) in [6.45, 7) is 10.6. The van der Waals surface area contributed by atoms with Gasteiger partial charge in [0.05, 0.1) is 0 Å². The van der Waals surface area contributed by atoms with Crippen LogP contribution in [0, 0.1) is 11.8 Å². The predicted molar refractivity (Wildman–Crippen MR) is 104 cm³/mol. The second-order valence-electron chi connectivity index (χ2n) is 7.91. The van der Waals surface area contributed by atoms with Crippen molar-refractivity contribution < 1.29 is 0 Å². The zero-order valence-electron chi connectivity index (χ0n) is 16.3. The van der Waals surface area contributed by atoms with Crippen molar-refractivity contribution >= 4 is 0 Å². The third kappa shape index (κ3) is 10.4. The third-order valence-electron chi connectivity index (χ3n) is 5.87. The van der Waals surface area contributed by atoms with Crippen molar-refractivity contribution in [2.45, 2.75) is 104 Å². The van der Waals surface area contributed by atoms with Crippen LogP contribution in [-0.2, 0) is 0 Å². The molecule has 0 heterocycles. The lowest BCUT2D eigenvalue weighted by atomic mass is 9.78. The number of hydrogen-bond donors (Lipinski definition) is 2. The summed E-state index contributed by atoms with van der Waals surface area (Å²) >= 11 is 0. The van der Waals surface area contributed by atoms with Gasteiger partial charge in [0.15, 0.2) is 0 Å². The molecule has 1 saturated carbocycles. The van der Waals surface area contributed by atoms with E-state index in [1.807, 2.05) is 0 Å². The van der Waals surface area contributed by atoms with Gasteiger partial charge in [-0.05, 0) is 31.2 Å². The largest absolute Gasteiger partial charge is 0.315 e. The van der Waals surface area contributed by atoms with Crippen LogP contribution in [0.3, 0.4) is 0 Å². The van der Waals surface area contributed by atoms with Gasteiger partial charge in [0.1, 0.15) is 0 Å². The predicted octanol–water partition coefficient (Wildman–Crippen LogP) is 5.52. The van der Waals surface area contributed by atoms with Crippen molar-refractivity contribution in [2.24, 2.45) is 11.8 Å². The Kier molecular flexibility index (Phi) is 13.0. The molecule has 0 aliphatic heterocycles. The van der Waals surface area contributed by atoms with Gasteiger partial charge < -0.3 is 10.6 Å². The van der Waals surface area contributed by atoms with Crippen LogP contribution >= 0.6 is 0 Å². The van der Waals surface area contributed by atoms with Crippen molar-refractivity contribution in [3.8, 4) is 0 Å². The summed E-state index contributed by atoms with van der Waals surface area (Å²) in [4.78, 5) is 0. The van der Waals surface area contributed by atoms with Gasteiger partial charge in [0.25, 0.3) is 0 Å². The van der Waals surface area contributed by atoms with Gasteiger partial charge in [-0.25, -0.2) is 0 Å². The summed E-state index contributed by atoms with van der Waals surface area (Å²) in [6, 6.07) is 0.758. The maximum atomic E-state index is 3.77. The Bertz CT molecular complexity index is 254. The number of nitrogens with one attached hydrogen (secondary N) is 2. The number of unbranched alkanes of at least 4 members (excludes halogenated alkanes) is 8. The first-order valence-electron chi connectivity index (χ1n) is 10.7. The van der Waals surface area contributed by atoms with Crippen LogP contribution in [0.2, 0.25) is 0 Å². The third-order valence-corrected chi connectivity index (χ3v) is 5.87. The highest BCUT2D eigenvalue weighted by Crippen LogP contribution is 2.29. The summed E-state index contributed by atoms with van der Waals surface area (Å²) in [6.07, 6.45) is 17.0. The molecule has 0 aromatic rings. The van der Waals surface area contributed by atoms with Crippen LogP contribution < -0.4 is 10.6 Å². The Hall–Kier alpha value is -0.0800. The molecule has 2 nitrogen and oxygen atoms in total. The van der Waals surface area contributed by atoms with Gasteiger partial charge in [-0.15, -0.1) is 0 Å². The molecule has 0 amide bonds. The molecule has 138 valence electrons. The highest BCUT2D eigenvalue weighted by molar-refractivity contribution is 4.82. The molecule has 0 spiro atoms. The van der Waals surface area contributed by atoms with E-state index in [1.54, 1.807) is 0 Å². The maximum Gasteiger partial charge on any atom is 0.00957 e. The number of rotatable bonds is 14.